The summed E-state index contributed by atoms with van der Waals surface area (Å²) in [6.45, 7) is 0. The summed E-state index contributed by atoms with van der Waals surface area (Å²) >= 11 is 0. The zero-order valence-corrected chi connectivity index (χ0v) is 11.9. The van der Waals surface area contributed by atoms with Crippen LogP contribution in [0.1, 0.15) is 0 Å². The molecule has 11 nitrogen and oxygen atoms in total. The molecule has 0 saturated heterocycles. The molecule has 0 fully saturated rings. The molecule has 0 bridgehead atoms. The molecular formula is C14H6O11. The molecule has 0 unspecified atom stereocenters. The summed E-state index contributed by atoms with van der Waals surface area (Å²) in [5.41, 5.74) is 0. The fourth-order valence-corrected chi connectivity index (χ4v) is 2.06. The molecule has 2 aromatic carbocycles. The summed E-state index contributed by atoms with van der Waals surface area (Å²) in [7, 11) is 0. The summed E-state index contributed by atoms with van der Waals surface area (Å²) < 4.78 is 22.6. The maximum absolute atomic E-state index is 11.2. The topological polar surface area (TPSA) is 155 Å². The van der Waals surface area contributed by atoms with Crippen LogP contribution in [0, 0.1) is 0 Å². The van der Waals surface area contributed by atoms with Gasteiger partial charge in [0.2, 0.25) is 0 Å². The second-order valence-electron chi connectivity index (χ2n) is 4.49. The van der Waals surface area contributed by atoms with Crippen molar-refractivity contribution in [2.24, 2.45) is 0 Å². The van der Waals surface area contributed by atoms with E-state index in [1.165, 1.54) is 12.1 Å². The van der Waals surface area contributed by atoms with E-state index in [0.29, 0.717) is 0 Å². The molecule has 2 N–H and O–H groups in total. The van der Waals surface area contributed by atoms with Gasteiger partial charge in [-0.2, -0.15) is 0 Å². The SMILES string of the molecule is O=C(O)Oc1cc2cc3c(cc2cc1OC(=O)O)OC(=O)OC(=O)O3. The zero-order valence-electron chi connectivity index (χ0n) is 11.9. The third kappa shape index (κ3) is 3.34. The van der Waals surface area contributed by atoms with Crippen molar-refractivity contribution in [3.05, 3.63) is 24.3 Å². The van der Waals surface area contributed by atoms with Crippen molar-refractivity contribution in [1.82, 2.24) is 0 Å². The smallest absolute Gasteiger partial charge is 0.449 e. The highest BCUT2D eigenvalue weighted by Crippen LogP contribution is 2.39. The molecule has 0 aromatic heterocycles. The minimum Gasteiger partial charge on any atom is -0.449 e. The summed E-state index contributed by atoms with van der Waals surface area (Å²) in [6, 6.07) is 4.76. The van der Waals surface area contributed by atoms with Gasteiger partial charge in [0.05, 0.1) is 0 Å². The standard InChI is InChI=1S/C14H6O11/c15-11(16)21-7-1-5-3-9-10(24-14(20)25-13(19)23-9)4-6(5)2-8(7)22-12(17)18/h1-4H,(H,15,16)(H,17,18). The minimum absolute atomic E-state index is 0.170. The molecule has 3 rings (SSSR count). The Labute approximate surface area is 136 Å². The van der Waals surface area contributed by atoms with Crippen LogP contribution in [0.25, 0.3) is 10.8 Å². The Bertz CT molecular complexity index is 856. The maximum atomic E-state index is 11.2. The lowest BCUT2D eigenvalue weighted by atomic mass is 10.1. The van der Waals surface area contributed by atoms with E-state index in [1.807, 2.05) is 0 Å². The normalized spacial score (nSPS) is 13.0. The average molecular weight is 350 g/mol. The van der Waals surface area contributed by atoms with Gasteiger partial charge in [-0.05, 0) is 35.0 Å². The lowest BCUT2D eigenvalue weighted by molar-refractivity contribution is 0.0997. The van der Waals surface area contributed by atoms with Gasteiger partial charge >= 0.3 is 24.6 Å². The highest BCUT2D eigenvalue weighted by atomic mass is 16.8. The van der Waals surface area contributed by atoms with Gasteiger partial charge in [-0.1, -0.05) is 0 Å². The summed E-state index contributed by atoms with van der Waals surface area (Å²) in [5.74, 6) is -1.15. The summed E-state index contributed by atoms with van der Waals surface area (Å²) in [4.78, 5) is 44.0. The molecule has 0 aliphatic carbocycles. The van der Waals surface area contributed by atoms with Gasteiger partial charge in [-0.25, -0.2) is 19.2 Å². The van der Waals surface area contributed by atoms with Crippen LogP contribution in [0.5, 0.6) is 23.0 Å². The Hall–Kier alpha value is -4.02. The van der Waals surface area contributed by atoms with E-state index >= 15 is 0 Å². The third-order valence-electron chi connectivity index (χ3n) is 2.91. The van der Waals surface area contributed by atoms with Crippen molar-refractivity contribution in [2.45, 2.75) is 0 Å². The first-order valence-corrected chi connectivity index (χ1v) is 6.36. The highest BCUT2D eigenvalue weighted by Gasteiger charge is 2.25. The van der Waals surface area contributed by atoms with Crippen LogP contribution in [-0.2, 0) is 4.74 Å². The van der Waals surface area contributed by atoms with E-state index in [4.69, 9.17) is 19.7 Å². The Kier molecular flexibility index (Phi) is 3.73. The van der Waals surface area contributed by atoms with Gasteiger partial charge in [0.15, 0.2) is 23.0 Å². The molecule has 0 amide bonds. The number of hydrogen-bond acceptors (Lipinski definition) is 9. The van der Waals surface area contributed by atoms with Crippen molar-refractivity contribution in [3.63, 3.8) is 0 Å². The van der Waals surface area contributed by atoms with Crippen LogP contribution in [-0.4, -0.2) is 34.8 Å². The Morgan fingerprint density at radius 2 is 1.12 bits per heavy atom. The van der Waals surface area contributed by atoms with E-state index in [-0.39, 0.29) is 22.3 Å². The molecule has 11 heteroatoms. The van der Waals surface area contributed by atoms with Crippen LogP contribution in [0.2, 0.25) is 0 Å². The van der Waals surface area contributed by atoms with Gasteiger partial charge in [0, 0.05) is 0 Å². The third-order valence-corrected chi connectivity index (χ3v) is 2.91. The largest absolute Gasteiger partial charge is 0.524 e. The number of benzene rings is 2. The van der Waals surface area contributed by atoms with Gasteiger partial charge < -0.3 is 33.9 Å². The number of carbonyl (C=O) groups excluding carboxylic acids is 2. The van der Waals surface area contributed by atoms with E-state index < -0.39 is 36.1 Å². The van der Waals surface area contributed by atoms with Gasteiger partial charge in [-0.15, -0.1) is 0 Å². The van der Waals surface area contributed by atoms with E-state index in [2.05, 4.69) is 14.2 Å². The predicted molar refractivity (Wildman–Crippen MR) is 74.4 cm³/mol. The molecule has 128 valence electrons. The monoisotopic (exact) mass is 350 g/mol. The molecule has 1 aliphatic rings. The van der Waals surface area contributed by atoms with Crippen molar-refractivity contribution < 1.29 is 53.1 Å². The molecule has 0 spiro atoms. The summed E-state index contributed by atoms with van der Waals surface area (Å²) in [5, 5.41) is 18.0. The van der Waals surface area contributed by atoms with Gasteiger partial charge in [0.1, 0.15) is 0 Å². The second-order valence-corrected chi connectivity index (χ2v) is 4.49. The van der Waals surface area contributed by atoms with Crippen LogP contribution in [0.4, 0.5) is 19.2 Å². The first kappa shape index (κ1) is 15.9. The van der Waals surface area contributed by atoms with Crippen LogP contribution in [0.15, 0.2) is 24.3 Å². The molecule has 2 aromatic rings. The molecule has 0 radical (unpaired) electrons. The van der Waals surface area contributed by atoms with E-state index in [0.717, 1.165) is 12.1 Å². The van der Waals surface area contributed by atoms with Crippen molar-refractivity contribution >= 4 is 35.4 Å². The van der Waals surface area contributed by atoms with Gasteiger partial charge in [-0.3, -0.25) is 0 Å². The first-order valence-electron chi connectivity index (χ1n) is 6.36. The maximum Gasteiger partial charge on any atom is 0.524 e. The lowest BCUT2D eigenvalue weighted by Crippen LogP contribution is -2.14. The molecular weight excluding hydrogens is 344 g/mol. The Morgan fingerprint density at radius 3 is 1.48 bits per heavy atom. The molecule has 1 heterocycles. The van der Waals surface area contributed by atoms with Crippen LogP contribution in [0.3, 0.4) is 0 Å². The predicted octanol–water partition coefficient (Wildman–Crippen LogP) is 2.98. The number of ether oxygens (including phenoxy) is 5. The highest BCUT2D eigenvalue weighted by molar-refractivity contribution is 5.92. The fraction of sp³-hybridized carbons (Fsp3) is 0. The fourth-order valence-electron chi connectivity index (χ4n) is 2.06. The number of hydrogen-bond donors (Lipinski definition) is 2. The second kappa shape index (κ2) is 5.88. The van der Waals surface area contributed by atoms with Crippen molar-refractivity contribution in [2.75, 3.05) is 0 Å². The number of carbonyl (C=O) groups is 4. The average Bonchev–Trinajstić information content (AvgIpc) is 2.60. The summed E-state index contributed by atoms with van der Waals surface area (Å²) in [6.07, 6.45) is -6.01. The molecule has 1 aliphatic heterocycles. The minimum atomic E-state index is -1.70. The lowest BCUT2D eigenvalue weighted by Gasteiger charge is -2.10. The molecule has 0 atom stereocenters. The molecule has 25 heavy (non-hydrogen) atoms. The van der Waals surface area contributed by atoms with Crippen LogP contribution < -0.4 is 18.9 Å². The Morgan fingerprint density at radius 1 is 0.720 bits per heavy atom. The zero-order chi connectivity index (χ0) is 18.1. The number of fused-ring (bicyclic) bond motifs is 2. The number of rotatable bonds is 2. The Balaban J connectivity index is 2.16. The van der Waals surface area contributed by atoms with E-state index in [1.54, 1.807) is 0 Å². The van der Waals surface area contributed by atoms with Crippen molar-refractivity contribution in [3.8, 4) is 23.0 Å². The number of carboxylic acid groups (broad SMARTS) is 2. The van der Waals surface area contributed by atoms with Crippen molar-refractivity contribution in [1.29, 1.82) is 0 Å². The van der Waals surface area contributed by atoms with Crippen LogP contribution >= 0.6 is 0 Å². The molecule has 0 saturated carbocycles. The van der Waals surface area contributed by atoms with E-state index in [9.17, 15) is 19.2 Å². The number of cyclic esters (lactones) is 2. The quantitative estimate of drug-likeness (QED) is 0.466. The first-order chi connectivity index (χ1) is 11.8. The van der Waals surface area contributed by atoms with Gasteiger partial charge in [0.25, 0.3) is 0 Å².